The van der Waals surface area contributed by atoms with Crippen LogP contribution in [0.25, 0.3) is 11.0 Å². The van der Waals surface area contributed by atoms with E-state index < -0.39 is 0 Å². The van der Waals surface area contributed by atoms with Crippen LogP contribution in [0.4, 0.5) is 0 Å². The minimum Gasteiger partial charge on any atom is -0.493 e. The molecule has 2 aromatic heterocycles. The lowest BCUT2D eigenvalue weighted by molar-refractivity contribution is -0.115. The lowest BCUT2D eigenvalue weighted by Gasteiger charge is -2.04. The summed E-state index contributed by atoms with van der Waals surface area (Å²) in [5.74, 6) is -0.294. The zero-order chi connectivity index (χ0) is 10.1. The summed E-state index contributed by atoms with van der Waals surface area (Å²) >= 11 is 0. The summed E-state index contributed by atoms with van der Waals surface area (Å²) in [6, 6.07) is 5.11. The SMILES string of the molecule is CC(=O)Nn1c(O)cc2cccnc21. The molecule has 0 aromatic carbocycles. The molecule has 0 radical (unpaired) electrons. The maximum atomic E-state index is 10.8. The molecule has 0 atom stereocenters. The first-order valence-electron chi connectivity index (χ1n) is 4.11. The van der Waals surface area contributed by atoms with Crippen LogP contribution in [0.1, 0.15) is 6.92 Å². The molecule has 0 spiro atoms. The highest BCUT2D eigenvalue weighted by atomic mass is 16.3. The fourth-order valence-electron chi connectivity index (χ4n) is 1.29. The number of aromatic hydroxyl groups is 1. The van der Waals surface area contributed by atoms with Crippen LogP contribution in [0.2, 0.25) is 0 Å². The lowest BCUT2D eigenvalue weighted by atomic mass is 10.3. The molecular weight excluding hydrogens is 182 g/mol. The second kappa shape index (κ2) is 3.02. The van der Waals surface area contributed by atoms with Crippen LogP contribution in [0.15, 0.2) is 24.4 Å². The first-order valence-corrected chi connectivity index (χ1v) is 4.11. The first-order chi connectivity index (χ1) is 6.68. The molecule has 2 rings (SSSR count). The smallest absolute Gasteiger partial charge is 0.235 e. The zero-order valence-electron chi connectivity index (χ0n) is 7.56. The highest BCUT2D eigenvalue weighted by Crippen LogP contribution is 2.20. The van der Waals surface area contributed by atoms with Gasteiger partial charge in [0, 0.05) is 24.6 Å². The Balaban J connectivity index is 2.62. The number of fused-ring (bicyclic) bond motifs is 1. The zero-order valence-corrected chi connectivity index (χ0v) is 7.56. The normalized spacial score (nSPS) is 10.4. The third-order valence-corrected chi connectivity index (χ3v) is 1.81. The molecule has 0 saturated carbocycles. The summed E-state index contributed by atoms with van der Waals surface area (Å²) in [7, 11) is 0. The van der Waals surface area contributed by atoms with Crippen LogP contribution in [0, 0.1) is 0 Å². The molecular formula is C9H9N3O2. The second-order valence-electron chi connectivity index (χ2n) is 2.92. The topological polar surface area (TPSA) is 67.2 Å². The van der Waals surface area contributed by atoms with E-state index in [-0.39, 0.29) is 11.8 Å². The van der Waals surface area contributed by atoms with Crippen LogP contribution >= 0.6 is 0 Å². The standard InChI is InChI=1S/C9H9N3O2/c1-6(13)11-12-8(14)5-7-3-2-4-10-9(7)12/h2-5,14H,1H3,(H,11,13). The summed E-state index contributed by atoms with van der Waals surface area (Å²) in [5.41, 5.74) is 2.99. The number of nitrogens with one attached hydrogen (secondary N) is 1. The van der Waals surface area contributed by atoms with Gasteiger partial charge >= 0.3 is 0 Å². The van der Waals surface area contributed by atoms with Crippen molar-refractivity contribution >= 4 is 16.9 Å². The molecule has 2 heterocycles. The number of amides is 1. The second-order valence-corrected chi connectivity index (χ2v) is 2.92. The predicted molar refractivity (Wildman–Crippen MR) is 51.4 cm³/mol. The molecule has 0 aliphatic carbocycles. The minimum absolute atomic E-state index is 0.0334. The maximum Gasteiger partial charge on any atom is 0.235 e. The molecule has 72 valence electrons. The maximum absolute atomic E-state index is 10.8. The molecule has 14 heavy (non-hydrogen) atoms. The van der Waals surface area contributed by atoms with Crippen LogP contribution in [-0.4, -0.2) is 20.7 Å². The molecule has 0 saturated heterocycles. The van der Waals surface area contributed by atoms with E-state index in [9.17, 15) is 9.90 Å². The molecule has 0 aliphatic rings. The first kappa shape index (κ1) is 8.55. The van der Waals surface area contributed by atoms with Crippen molar-refractivity contribution in [2.45, 2.75) is 6.92 Å². The minimum atomic E-state index is -0.261. The average molecular weight is 191 g/mol. The van der Waals surface area contributed by atoms with Crippen molar-refractivity contribution in [3.05, 3.63) is 24.4 Å². The van der Waals surface area contributed by atoms with E-state index in [0.29, 0.717) is 5.65 Å². The van der Waals surface area contributed by atoms with Crippen molar-refractivity contribution in [2.75, 3.05) is 5.43 Å². The van der Waals surface area contributed by atoms with Gasteiger partial charge in [0.15, 0.2) is 5.65 Å². The van der Waals surface area contributed by atoms with Gasteiger partial charge in [-0.15, -0.1) is 0 Å². The Labute approximate surface area is 80.0 Å². The van der Waals surface area contributed by atoms with Crippen LogP contribution < -0.4 is 5.43 Å². The van der Waals surface area contributed by atoms with Crippen molar-refractivity contribution in [2.24, 2.45) is 0 Å². The number of aromatic nitrogens is 2. The van der Waals surface area contributed by atoms with Crippen molar-refractivity contribution in [1.82, 2.24) is 9.66 Å². The Morgan fingerprint density at radius 2 is 2.43 bits per heavy atom. The molecule has 5 heteroatoms. The van der Waals surface area contributed by atoms with Gasteiger partial charge in [0.1, 0.15) is 0 Å². The van der Waals surface area contributed by atoms with E-state index in [0.717, 1.165) is 5.39 Å². The molecule has 0 fully saturated rings. The van der Waals surface area contributed by atoms with E-state index in [1.165, 1.54) is 17.7 Å². The third kappa shape index (κ3) is 1.28. The monoisotopic (exact) mass is 191 g/mol. The fourth-order valence-corrected chi connectivity index (χ4v) is 1.29. The van der Waals surface area contributed by atoms with E-state index in [4.69, 9.17) is 0 Å². The fraction of sp³-hybridized carbons (Fsp3) is 0.111. The molecule has 1 amide bonds. The molecule has 5 nitrogen and oxygen atoms in total. The number of hydrogen-bond donors (Lipinski definition) is 2. The Morgan fingerprint density at radius 3 is 3.14 bits per heavy atom. The van der Waals surface area contributed by atoms with Gasteiger partial charge < -0.3 is 5.11 Å². The number of carbonyl (C=O) groups is 1. The van der Waals surface area contributed by atoms with E-state index in [2.05, 4.69) is 10.4 Å². The Hall–Kier alpha value is -2.04. The molecule has 0 bridgehead atoms. The van der Waals surface area contributed by atoms with Crippen molar-refractivity contribution in [3.63, 3.8) is 0 Å². The summed E-state index contributed by atoms with van der Waals surface area (Å²) in [6.07, 6.45) is 1.60. The number of hydrogen-bond acceptors (Lipinski definition) is 3. The van der Waals surface area contributed by atoms with E-state index >= 15 is 0 Å². The average Bonchev–Trinajstić information content (AvgIpc) is 2.43. The van der Waals surface area contributed by atoms with Gasteiger partial charge in [0.2, 0.25) is 11.8 Å². The number of carbonyl (C=O) groups excluding carboxylic acids is 1. The molecule has 0 unspecified atom stereocenters. The highest BCUT2D eigenvalue weighted by Gasteiger charge is 2.08. The largest absolute Gasteiger partial charge is 0.493 e. The van der Waals surface area contributed by atoms with Crippen LogP contribution in [0.5, 0.6) is 5.88 Å². The lowest BCUT2D eigenvalue weighted by Crippen LogP contribution is -2.19. The number of pyridine rings is 1. The highest BCUT2D eigenvalue weighted by molar-refractivity contribution is 5.85. The van der Waals surface area contributed by atoms with Gasteiger partial charge in [0.25, 0.3) is 0 Å². The van der Waals surface area contributed by atoms with Gasteiger partial charge in [-0.05, 0) is 12.1 Å². The van der Waals surface area contributed by atoms with Gasteiger partial charge in [-0.25, -0.2) is 9.66 Å². The van der Waals surface area contributed by atoms with Gasteiger partial charge in [0.05, 0.1) is 0 Å². The number of rotatable bonds is 1. The van der Waals surface area contributed by atoms with Crippen LogP contribution in [0.3, 0.4) is 0 Å². The predicted octanol–water partition coefficient (Wildman–Crippen LogP) is 0.832. The Bertz CT molecular complexity index is 490. The van der Waals surface area contributed by atoms with Crippen LogP contribution in [-0.2, 0) is 4.79 Å². The summed E-state index contributed by atoms with van der Waals surface area (Å²) < 4.78 is 1.25. The Morgan fingerprint density at radius 1 is 1.64 bits per heavy atom. The summed E-state index contributed by atoms with van der Waals surface area (Å²) in [4.78, 5) is 14.9. The van der Waals surface area contributed by atoms with Gasteiger partial charge in [-0.2, -0.15) is 0 Å². The summed E-state index contributed by atoms with van der Waals surface area (Å²) in [5, 5.41) is 10.3. The summed E-state index contributed by atoms with van der Waals surface area (Å²) in [6.45, 7) is 1.37. The molecule has 2 N–H and O–H groups in total. The number of nitrogens with zero attached hydrogens (tertiary/aromatic N) is 2. The van der Waals surface area contributed by atoms with Gasteiger partial charge in [-0.3, -0.25) is 10.2 Å². The van der Waals surface area contributed by atoms with E-state index in [1.807, 2.05) is 0 Å². The van der Waals surface area contributed by atoms with Crippen molar-refractivity contribution in [1.29, 1.82) is 0 Å². The van der Waals surface area contributed by atoms with Crippen molar-refractivity contribution < 1.29 is 9.90 Å². The molecule has 2 aromatic rings. The van der Waals surface area contributed by atoms with E-state index in [1.54, 1.807) is 18.3 Å². The Kier molecular flexibility index (Phi) is 1.85. The quantitative estimate of drug-likeness (QED) is 0.701. The van der Waals surface area contributed by atoms with Crippen molar-refractivity contribution in [3.8, 4) is 5.88 Å². The third-order valence-electron chi connectivity index (χ3n) is 1.81. The van der Waals surface area contributed by atoms with Gasteiger partial charge in [-0.1, -0.05) is 0 Å². The molecule has 0 aliphatic heterocycles.